The van der Waals surface area contributed by atoms with E-state index < -0.39 is 12.0 Å². The summed E-state index contributed by atoms with van der Waals surface area (Å²) in [6.07, 6.45) is 1.58. The molecule has 1 amide bonds. The van der Waals surface area contributed by atoms with Gasteiger partial charge in [0.15, 0.2) is 0 Å². The third kappa shape index (κ3) is 6.23. The number of benzene rings is 3. The van der Waals surface area contributed by atoms with Crippen molar-refractivity contribution in [2.75, 3.05) is 5.75 Å². The third-order valence-corrected chi connectivity index (χ3v) is 7.10. The number of carboxylic acid groups (broad SMARTS) is 1. The third-order valence-electron chi connectivity index (χ3n) is 6.04. The molecule has 0 aliphatic carbocycles. The zero-order chi connectivity index (χ0) is 25.5. The molecule has 0 bridgehead atoms. The normalized spacial score (nSPS) is 12.7. The van der Waals surface area contributed by atoms with E-state index in [9.17, 15) is 19.5 Å². The first-order valence-electron chi connectivity index (χ1n) is 11.8. The Morgan fingerprint density at radius 2 is 1.53 bits per heavy atom. The van der Waals surface area contributed by atoms with E-state index in [2.05, 4.69) is 5.32 Å². The van der Waals surface area contributed by atoms with E-state index in [1.54, 1.807) is 30.5 Å². The summed E-state index contributed by atoms with van der Waals surface area (Å²) in [5.41, 5.74) is 3.12. The minimum Gasteiger partial charge on any atom is -0.464 e. The average Bonchev–Trinajstić information content (AvgIpc) is 3.26. The molecule has 0 spiro atoms. The van der Waals surface area contributed by atoms with E-state index in [0.717, 1.165) is 28.3 Å². The van der Waals surface area contributed by atoms with Crippen LogP contribution < -0.4 is 5.32 Å². The van der Waals surface area contributed by atoms with Crippen LogP contribution in [0.5, 0.6) is 0 Å². The summed E-state index contributed by atoms with van der Waals surface area (Å²) in [6.45, 7) is 1.91. The van der Waals surface area contributed by atoms with Gasteiger partial charge in [0.2, 0.25) is 11.0 Å². The standard InChI is InChI=1S/C29H28N2O4S/c1-20(16-23-18-31(29(34)35)26-15-9-8-14-25(23)26)30-27(32)24(17-21-10-4-2-5-11-21)19-36-28(33)22-12-6-3-7-13-22/h2-15,18,20,24H,16-17,19H2,1H3,(H,30,32)(H,34,35)/t20-,24?/m1/s1. The molecule has 0 fully saturated rings. The van der Waals surface area contributed by atoms with Gasteiger partial charge in [0.1, 0.15) is 0 Å². The van der Waals surface area contributed by atoms with Gasteiger partial charge in [-0.05, 0) is 37.0 Å². The molecule has 1 heterocycles. The fraction of sp³-hybridized carbons (Fsp3) is 0.207. The number of fused-ring (bicyclic) bond motifs is 1. The van der Waals surface area contributed by atoms with Gasteiger partial charge >= 0.3 is 6.09 Å². The Bertz CT molecular complexity index is 1350. The fourth-order valence-corrected chi connectivity index (χ4v) is 5.20. The Kier molecular flexibility index (Phi) is 8.23. The van der Waals surface area contributed by atoms with Gasteiger partial charge in [-0.1, -0.05) is 90.6 Å². The van der Waals surface area contributed by atoms with Gasteiger partial charge in [0.25, 0.3) is 0 Å². The number of para-hydroxylation sites is 1. The van der Waals surface area contributed by atoms with E-state index in [0.29, 0.717) is 29.7 Å². The summed E-state index contributed by atoms with van der Waals surface area (Å²) in [5.74, 6) is -0.158. The first kappa shape index (κ1) is 25.3. The summed E-state index contributed by atoms with van der Waals surface area (Å²) >= 11 is 1.16. The molecule has 0 aliphatic heterocycles. The van der Waals surface area contributed by atoms with Crippen LogP contribution in [0, 0.1) is 5.92 Å². The lowest BCUT2D eigenvalue weighted by atomic mass is 9.99. The summed E-state index contributed by atoms with van der Waals surface area (Å²) in [5, 5.41) is 13.4. The van der Waals surface area contributed by atoms with Crippen molar-refractivity contribution in [1.82, 2.24) is 9.88 Å². The Morgan fingerprint density at radius 3 is 2.22 bits per heavy atom. The number of thioether (sulfide) groups is 1. The highest BCUT2D eigenvalue weighted by molar-refractivity contribution is 8.14. The molecular formula is C29H28N2O4S. The zero-order valence-electron chi connectivity index (χ0n) is 20.0. The Labute approximate surface area is 214 Å². The van der Waals surface area contributed by atoms with Gasteiger partial charge in [-0.2, -0.15) is 0 Å². The first-order valence-corrected chi connectivity index (χ1v) is 12.8. The summed E-state index contributed by atoms with van der Waals surface area (Å²) in [6, 6.07) is 25.9. The molecule has 0 radical (unpaired) electrons. The number of carbonyl (C=O) groups is 3. The molecular weight excluding hydrogens is 472 g/mol. The molecule has 4 aromatic rings. The SMILES string of the molecule is C[C@H](Cc1cn(C(=O)O)c2ccccc12)NC(=O)C(CSC(=O)c1ccccc1)Cc1ccccc1. The number of nitrogens with zero attached hydrogens (tertiary/aromatic N) is 1. The average molecular weight is 501 g/mol. The lowest BCUT2D eigenvalue weighted by molar-refractivity contribution is -0.124. The highest BCUT2D eigenvalue weighted by Gasteiger charge is 2.23. The van der Waals surface area contributed by atoms with Crippen LogP contribution >= 0.6 is 11.8 Å². The molecule has 1 unspecified atom stereocenters. The van der Waals surface area contributed by atoms with Crippen molar-refractivity contribution in [2.45, 2.75) is 25.8 Å². The van der Waals surface area contributed by atoms with E-state index >= 15 is 0 Å². The van der Waals surface area contributed by atoms with Crippen molar-refractivity contribution in [3.63, 3.8) is 0 Å². The first-order chi connectivity index (χ1) is 17.4. The molecule has 2 N–H and O–H groups in total. The molecule has 3 aromatic carbocycles. The van der Waals surface area contributed by atoms with Gasteiger partial charge in [0, 0.05) is 28.9 Å². The molecule has 2 atom stereocenters. The second kappa shape index (κ2) is 11.7. The number of hydrogen-bond acceptors (Lipinski definition) is 4. The molecule has 0 aliphatic rings. The number of amides is 1. The molecule has 7 heteroatoms. The van der Waals surface area contributed by atoms with Crippen LogP contribution in [-0.2, 0) is 17.6 Å². The van der Waals surface area contributed by atoms with Gasteiger partial charge in [-0.25, -0.2) is 4.79 Å². The van der Waals surface area contributed by atoms with Gasteiger partial charge in [-0.3, -0.25) is 14.2 Å². The van der Waals surface area contributed by atoms with Gasteiger partial charge in [0.05, 0.1) is 11.4 Å². The molecule has 4 rings (SSSR count). The van der Waals surface area contributed by atoms with Crippen LogP contribution in [0.25, 0.3) is 10.9 Å². The molecule has 6 nitrogen and oxygen atoms in total. The van der Waals surface area contributed by atoms with Gasteiger partial charge in [-0.15, -0.1) is 0 Å². The van der Waals surface area contributed by atoms with Crippen LogP contribution in [0.15, 0.2) is 91.1 Å². The van der Waals surface area contributed by atoms with Crippen LogP contribution in [0.4, 0.5) is 4.79 Å². The molecule has 0 saturated carbocycles. The van der Waals surface area contributed by atoms with E-state index in [-0.39, 0.29) is 17.1 Å². The van der Waals surface area contributed by atoms with Crippen molar-refractivity contribution in [1.29, 1.82) is 0 Å². The Morgan fingerprint density at radius 1 is 0.889 bits per heavy atom. The maximum Gasteiger partial charge on any atom is 0.416 e. The van der Waals surface area contributed by atoms with E-state index in [4.69, 9.17) is 0 Å². The number of nitrogens with one attached hydrogen (secondary N) is 1. The Balaban J connectivity index is 1.46. The highest BCUT2D eigenvalue weighted by atomic mass is 32.2. The smallest absolute Gasteiger partial charge is 0.416 e. The predicted octanol–water partition coefficient (Wildman–Crippen LogP) is 5.65. The number of carbonyl (C=O) groups excluding carboxylic acids is 2. The maximum atomic E-state index is 13.3. The highest BCUT2D eigenvalue weighted by Crippen LogP contribution is 2.23. The van der Waals surface area contributed by atoms with Crippen LogP contribution in [0.1, 0.15) is 28.4 Å². The second-order valence-corrected chi connectivity index (χ2v) is 9.78. The minimum absolute atomic E-state index is 0.0593. The van der Waals surface area contributed by atoms with Crippen molar-refractivity contribution < 1.29 is 19.5 Å². The molecule has 184 valence electrons. The summed E-state index contributed by atoms with van der Waals surface area (Å²) in [7, 11) is 0. The number of hydrogen-bond donors (Lipinski definition) is 2. The van der Waals surface area contributed by atoms with E-state index in [1.165, 1.54) is 4.57 Å². The van der Waals surface area contributed by atoms with Crippen LogP contribution in [-0.4, -0.2) is 38.6 Å². The minimum atomic E-state index is -1.04. The number of aromatic nitrogens is 1. The molecule has 1 aromatic heterocycles. The zero-order valence-corrected chi connectivity index (χ0v) is 20.8. The van der Waals surface area contributed by atoms with Crippen LogP contribution in [0.3, 0.4) is 0 Å². The molecule has 0 saturated heterocycles. The van der Waals surface area contributed by atoms with E-state index in [1.807, 2.05) is 67.6 Å². The summed E-state index contributed by atoms with van der Waals surface area (Å²) < 4.78 is 1.21. The van der Waals surface area contributed by atoms with Crippen molar-refractivity contribution in [3.05, 3.63) is 108 Å². The topological polar surface area (TPSA) is 88.4 Å². The predicted molar refractivity (Wildman–Crippen MR) is 144 cm³/mol. The molecule has 36 heavy (non-hydrogen) atoms. The van der Waals surface area contributed by atoms with Crippen molar-refractivity contribution in [2.24, 2.45) is 5.92 Å². The fourth-order valence-electron chi connectivity index (χ4n) is 4.27. The van der Waals surface area contributed by atoms with Crippen LogP contribution in [0.2, 0.25) is 0 Å². The Hall–Kier alpha value is -3.84. The summed E-state index contributed by atoms with van der Waals surface area (Å²) in [4.78, 5) is 37.6. The lowest BCUT2D eigenvalue weighted by Gasteiger charge is -2.20. The van der Waals surface area contributed by atoms with Crippen molar-refractivity contribution in [3.8, 4) is 0 Å². The number of rotatable bonds is 9. The quantitative estimate of drug-likeness (QED) is 0.310. The monoisotopic (exact) mass is 500 g/mol. The second-order valence-electron chi connectivity index (χ2n) is 8.79. The van der Waals surface area contributed by atoms with Gasteiger partial charge < -0.3 is 10.4 Å². The lowest BCUT2D eigenvalue weighted by Crippen LogP contribution is -2.40. The van der Waals surface area contributed by atoms with Crippen molar-refractivity contribution >= 4 is 39.8 Å². The maximum absolute atomic E-state index is 13.3. The largest absolute Gasteiger partial charge is 0.464 e.